The van der Waals surface area contributed by atoms with Crippen LogP contribution in [0.5, 0.6) is 0 Å². The first-order chi connectivity index (χ1) is 10.4. The zero-order valence-corrected chi connectivity index (χ0v) is 12.6. The van der Waals surface area contributed by atoms with Crippen molar-refractivity contribution in [3.05, 3.63) is 35.7 Å². The van der Waals surface area contributed by atoms with Crippen molar-refractivity contribution in [2.75, 3.05) is 0 Å². The van der Waals surface area contributed by atoms with Gasteiger partial charge in [-0.3, -0.25) is 0 Å². The Hall–Kier alpha value is -1.80. The molecule has 1 heterocycles. The molecule has 4 nitrogen and oxygen atoms in total. The van der Waals surface area contributed by atoms with E-state index in [-0.39, 0.29) is 0 Å². The Balaban J connectivity index is 1.71. The number of hydrogen-bond donors (Lipinski definition) is 0. The molecule has 0 saturated heterocycles. The fourth-order valence-electron chi connectivity index (χ4n) is 2.64. The molecular formula is C16H17N3OS. The number of nitrogens with zero attached hydrogens (tertiary/aromatic N) is 3. The van der Waals surface area contributed by atoms with Crippen molar-refractivity contribution in [3.8, 4) is 17.5 Å². The van der Waals surface area contributed by atoms with Crippen LogP contribution >= 0.6 is 11.8 Å². The van der Waals surface area contributed by atoms with Crippen molar-refractivity contribution in [3.63, 3.8) is 0 Å². The molecule has 0 aliphatic heterocycles. The summed E-state index contributed by atoms with van der Waals surface area (Å²) in [5.74, 6) is 2.06. The first kappa shape index (κ1) is 14.2. The molecule has 1 fully saturated rings. The van der Waals surface area contributed by atoms with Crippen LogP contribution in [0.15, 0.2) is 28.8 Å². The highest BCUT2D eigenvalue weighted by atomic mass is 32.2. The lowest BCUT2D eigenvalue weighted by atomic mass is 10.1. The van der Waals surface area contributed by atoms with Crippen molar-refractivity contribution in [1.29, 1.82) is 5.26 Å². The summed E-state index contributed by atoms with van der Waals surface area (Å²) in [6, 6.07) is 9.86. The third-order valence-electron chi connectivity index (χ3n) is 3.74. The summed E-state index contributed by atoms with van der Waals surface area (Å²) in [4.78, 5) is 4.48. The van der Waals surface area contributed by atoms with E-state index in [1.54, 1.807) is 0 Å². The quantitative estimate of drug-likeness (QED) is 0.835. The molecule has 108 valence electrons. The number of hydrogen-bond acceptors (Lipinski definition) is 5. The van der Waals surface area contributed by atoms with Crippen molar-refractivity contribution in [2.24, 2.45) is 0 Å². The van der Waals surface area contributed by atoms with Crippen molar-refractivity contribution < 1.29 is 4.52 Å². The average Bonchev–Trinajstić information content (AvgIpc) is 3.18. The zero-order chi connectivity index (χ0) is 14.5. The molecule has 5 heteroatoms. The summed E-state index contributed by atoms with van der Waals surface area (Å²) in [7, 11) is 0. The largest absolute Gasteiger partial charge is 0.334 e. The van der Waals surface area contributed by atoms with Gasteiger partial charge in [0.2, 0.25) is 0 Å². The monoisotopic (exact) mass is 299 g/mol. The smallest absolute Gasteiger partial charge is 0.258 e. The summed E-state index contributed by atoms with van der Waals surface area (Å²) in [6.07, 6.45) is 5.65. The molecule has 3 rings (SSSR count). The number of nitriles is 1. The van der Waals surface area contributed by atoms with Gasteiger partial charge < -0.3 is 4.52 Å². The second-order valence-electron chi connectivity index (χ2n) is 5.23. The van der Waals surface area contributed by atoms with Gasteiger partial charge in [0, 0.05) is 10.8 Å². The van der Waals surface area contributed by atoms with E-state index in [2.05, 4.69) is 16.2 Å². The maximum absolute atomic E-state index is 8.88. The molecule has 1 aliphatic carbocycles. The Bertz CT molecular complexity index is 641. The van der Waals surface area contributed by atoms with Crippen LogP contribution in [0.2, 0.25) is 0 Å². The Kier molecular flexibility index (Phi) is 4.56. The highest BCUT2D eigenvalue weighted by Crippen LogP contribution is 2.31. The minimum atomic E-state index is 0.352. The lowest BCUT2D eigenvalue weighted by molar-refractivity contribution is 0.425. The molecule has 0 spiro atoms. The molecule has 1 aliphatic rings. The predicted octanol–water partition coefficient (Wildman–Crippen LogP) is 3.98. The van der Waals surface area contributed by atoms with Gasteiger partial charge in [0.05, 0.1) is 18.2 Å². The van der Waals surface area contributed by atoms with Crippen LogP contribution in [0.4, 0.5) is 0 Å². The SMILES string of the molecule is N#CCc1ccccc1-c1nc(CSC2CCCC2)no1. The van der Waals surface area contributed by atoms with E-state index < -0.39 is 0 Å². The zero-order valence-electron chi connectivity index (χ0n) is 11.8. The van der Waals surface area contributed by atoms with Gasteiger partial charge in [-0.15, -0.1) is 0 Å². The summed E-state index contributed by atoms with van der Waals surface area (Å²) in [5, 5.41) is 13.7. The Labute approximate surface area is 128 Å². The second kappa shape index (κ2) is 6.77. The van der Waals surface area contributed by atoms with Gasteiger partial charge in [0.25, 0.3) is 5.89 Å². The number of thioether (sulfide) groups is 1. The highest BCUT2D eigenvalue weighted by Gasteiger charge is 2.17. The highest BCUT2D eigenvalue weighted by molar-refractivity contribution is 7.99. The summed E-state index contributed by atoms with van der Waals surface area (Å²) >= 11 is 1.92. The maximum atomic E-state index is 8.88. The van der Waals surface area contributed by atoms with Crippen molar-refractivity contribution in [1.82, 2.24) is 10.1 Å². The molecule has 1 aromatic carbocycles. The van der Waals surface area contributed by atoms with Gasteiger partial charge >= 0.3 is 0 Å². The molecule has 21 heavy (non-hydrogen) atoms. The van der Waals surface area contributed by atoms with Gasteiger partial charge in [0.15, 0.2) is 5.82 Å². The number of benzene rings is 1. The van der Waals surface area contributed by atoms with E-state index in [4.69, 9.17) is 9.78 Å². The van der Waals surface area contributed by atoms with Gasteiger partial charge in [-0.2, -0.15) is 22.0 Å². The van der Waals surface area contributed by atoms with Crippen LogP contribution < -0.4 is 0 Å². The second-order valence-corrected chi connectivity index (χ2v) is 6.51. The van der Waals surface area contributed by atoms with Crippen LogP contribution in [0, 0.1) is 11.3 Å². The number of rotatable bonds is 5. The van der Waals surface area contributed by atoms with E-state index in [0.717, 1.165) is 28.0 Å². The molecule has 2 aromatic rings. The standard InChI is InChI=1S/C16H17N3OS/c17-10-9-12-5-1-4-8-14(12)16-18-15(19-20-16)11-21-13-6-2-3-7-13/h1,4-5,8,13H,2-3,6-7,9,11H2. The molecule has 0 N–H and O–H groups in total. The molecule has 0 amide bonds. The van der Waals surface area contributed by atoms with Crippen LogP contribution in [-0.2, 0) is 12.2 Å². The van der Waals surface area contributed by atoms with E-state index in [9.17, 15) is 0 Å². The minimum Gasteiger partial charge on any atom is -0.334 e. The average molecular weight is 299 g/mol. The number of aromatic nitrogens is 2. The molecule has 0 unspecified atom stereocenters. The topological polar surface area (TPSA) is 62.7 Å². The lowest BCUT2D eigenvalue weighted by Crippen LogP contribution is -1.96. The Morgan fingerprint density at radius 1 is 1.29 bits per heavy atom. The Morgan fingerprint density at radius 2 is 2.10 bits per heavy atom. The predicted molar refractivity (Wildman–Crippen MR) is 82.6 cm³/mol. The molecule has 0 atom stereocenters. The van der Waals surface area contributed by atoms with Crippen LogP contribution in [0.25, 0.3) is 11.5 Å². The molecule has 1 aromatic heterocycles. The van der Waals surface area contributed by atoms with E-state index in [1.165, 1.54) is 25.7 Å². The molecule has 0 radical (unpaired) electrons. The first-order valence-corrected chi connectivity index (χ1v) is 8.31. The third kappa shape index (κ3) is 3.45. The van der Waals surface area contributed by atoms with Gasteiger partial charge in [-0.05, 0) is 24.5 Å². The minimum absolute atomic E-state index is 0.352. The summed E-state index contributed by atoms with van der Waals surface area (Å²) < 4.78 is 5.37. The van der Waals surface area contributed by atoms with Crippen LogP contribution in [0.1, 0.15) is 37.1 Å². The van der Waals surface area contributed by atoms with Crippen LogP contribution in [0.3, 0.4) is 0 Å². The van der Waals surface area contributed by atoms with Crippen LogP contribution in [-0.4, -0.2) is 15.4 Å². The van der Waals surface area contributed by atoms with E-state index in [0.29, 0.717) is 12.3 Å². The Morgan fingerprint density at radius 3 is 2.90 bits per heavy atom. The van der Waals surface area contributed by atoms with E-state index >= 15 is 0 Å². The lowest BCUT2D eigenvalue weighted by Gasteiger charge is -2.05. The fraction of sp³-hybridized carbons (Fsp3) is 0.438. The fourth-order valence-corrected chi connectivity index (χ4v) is 3.81. The molecule has 1 saturated carbocycles. The van der Waals surface area contributed by atoms with Crippen molar-refractivity contribution >= 4 is 11.8 Å². The normalized spacial score (nSPS) is 15.2. The van der Waals surface area contributed by atoms with Gasteiger partial charge in [0.1, 0.15) is 0 Å². The molecular weight excluding hydrogens is 282 g/mol. The summed E-state index contributed by atoms with van der Waals surface area (Å²) in [6.45, 7) is 0. The third-order valence-corrected chi connectivity index (χ3v) is 5.10. The van der Waals surface area contributed by atoms with Gasteiger partial charge in [-0.1, -0.05) is 36.2 Å². The van der Waals surface area contributed by atoms with Crippen molar-refractivity contribution in [2.45, 2.75) is 43.1 Å². The first-order valence-electron chi connectivity index (χ1n) is 7.26. The summed E-state index contributed by atoms with van der Waals surface area (Å²) in [5.41, 5.74) is 1.79. The maximum Gasteiger partial charge on any atom is 0.258 e. The van der Waals surface area contributed by atoms with Gasteiger partial charge in [-0.25, -0.2) is 0 Å². The van der Waals surface area contributed by atoms with E-state index in [1.807, 2.05) is 36.0 Å². The molecule has 0 bridgehead atoms.